The van der Waals surface area contributed by atoms with E-state index in [4.69, 9.17) is 16.6 Å². The third kappa shape index (κ3) is 8.10. The summed E-state index contributed by atoms with van der Waals surface area (Å²) in [5.74, 6) is -9.95. The lowest BCUT2D eigenvalue weighted by atomic mass is 9.90. The van der Waals surface area contributed by atoms with Crippen molar-refractivity contribution in [3.8, 4) is 0 Å². The smallest absolute Gasteiger partial charge is 0.326 e. The molecule has 0 radical (unpaired) electrons. The lowest BCUT2D eigenvalue weighted by molar-refractivity contribution is -0.148. The van der Waals surface area contributed by atoms with Gasteiger partial charge in [-0.3, -0.25) is 29.0 Å². The molecule has 228 valence electrons. The van der Waals surface area contributed by atoms with Gasteiger partial charge in [0.05, 0.1) is 22.5 Å². The van der Waals surface area contributed by atoms with Gasteiger partial charge in [-0.05, 0) is 48.7 Å². The number of ketones is 1. The predicted octanol–water partition coefficient (Wildman–Crippen LogP) is 0.316. The molecule has 43 heavy (non-hydrogen) atoms. The van der Waals surface area contributed by atoms with Crippen LogP contribution in [0.25, 0.3) is 10.9 Å². The van der Waals surface area contributed by atoms with Crippen molar-refractivity contribution in [1.29, 1.82) is 0 Å². The Kier molecular flexibility index (Phi) is 10.1. The molecule has 1 aromatic heterocycles. The number of Topliss-reactive ketones (excluding diaryl/α,β-unsaturated/α-hetero) is 1. The molecule has 0 spiro atoms. The molecule has 0 aliphatic heterocycles. The number of nitrogen functional groups attached to an aromatic ring is 1. The number of fused-ring (bicyclic) bond motifs is 1. The molecule has 1 unspecified atom stereocenters. The number of aliphatic carboxylic acids is 3. The highest BCUT2D eigenvalue weighted by Crippen LogP contribution is 2.22. The molecule has 0 aliphatic rings. The van der Waals surface area contributed by atoms with Crippen molar-refractivity contribution in [1.82, 2.24) is 15.3 Å². The number of halogens is 1. The molecule has 16 heteroatoms. The third-order valence-electron chi connectivity index (χ3n) is 6.60. The maximum absolute atomic E-state index is 15.0. The van der Waals surface area contributed by atoms with Gasteiger partial charge in [-0.2, -0.15) is 0 Å². The number of aromatic amines is 1. The number of carboxylic acid groups (broad SMARTS) is 3. The van der Waals surface area contributed by atoms with E-state index in [-0.39, 0.29) is 18.9 Å². The fourth-order valence-corrected chi connectivity index (χ4v) is 4.30. The summed E-state index contributed by atoms with van der Waals surface area (Å²) >= 11 is 0. The number of carboxylic acids is 3. The number of nitrogens with two attached hydrogens (primary N) is 2. The van der Waals surface area contributed by atoms with Crippen LogP contribution in [0.15, 0.2) is 41.2 Å². The molecular formula is C27H29FN6O9. The average Bonchev–Trinajstić information content (AvgIpc) is 2.93. The van der Waals surface area contributed by atoms with Gasteiger partial charge in [0, 0.05) is 25.7 Å². The van der Waals surface area contributed by atoms with Crippen LogP contribution in [0.4, 0.5) is 16.0 Å². The fourth-order valence-electron chi connectivity index (χ4n) is 4.30. The highest BCUT2D eigenvalue weighted by Gasteiger charge is 2.36. The van der Waals surface area contributed by atoms with Gasteiger partial charge < -0.3 is 37.0 Å². The summed E-state index contributed by atoms with van der Waals surface area (Å²) in [6.45, 7) is 0.227. The van der Waals surface area contributed by atoms with E-state index in [1.54, 1.807) is 30.1 Å². The minimum Gasteiger partial charge on any atom is -0.481 e. The molecule has 1 amide bonds. The first-order valence-electron chi connectivity index (χ1n) is 12.7. The number of H-pyrrole nitrogens is 1. The number of rotatable bonds is 14. The van der Waals surface area contributed by atoms with E-state index in [0.717, 1.165) is 12.1 Å². The highest BCUT2D eigenvalue weighted by molar-refractivity contribution is 6.02. The van der Waals surface area contributed by atoms with Crippen molar-refractivity contribution in [3.63, 3.8) is 0 Å². The molecule has 15 nitrogen and oxygen atoms in total. The number of benzene rings is 2. The Balaban J connectivity index is 1.73. The maximum Gasteiger partial charge on any atom is 0.326 e. The zero-order valence-electron chi connectivity index (χ0n) is 22.7. The van der Waals surface area contributed by atoms with Crippen molar-refractivity contribution in [3.05, 3.63) is 63.7 Å². The molecule has 2 aromatic carbocycles. The second kappa shape index (κ2) is 13.5. The van der Waals surface area contributed by atoms with E-state index in [1.165, 1.54) is 6.07 Å². The van der Waals surface area contributed by atoms with Gasteiger partial charge in [0.25, 0.3) is 11.5 Å². The molecule has 0 saturated heterocycles. The molecule has 0 bridgehead atoms. The van der Waals surface area contributed by atoms with Gasteiger partial charge in [-0.25, -0.2) is 14.2 Å². The van der Waals surface area contributed by atoms with E-state index in [9.17, 15) is 39.0 Å². The van der Waals surface area contributed by atoms with E-state index in [2.05, 4.69) is 9.97 Å². The van der Waals surface area contributed by atoms with E-state index < -0.39 is 77.4 Å². The molecule has 3 rings (SSSR count). The maximum atomic E-state index is 15.0. The number of anilines is 2. The molecule has 9 N–H and O–H groups in total. The van der Waals surface area contributed by atoms with Gasteiger partial charge in [0.15, 0.2) is 5.78 Å². The first-order chi connectivity index (χ1) is 20.2. The van der Waals surface area contributed by atoms with Crippen LogP contribution in [-0.2, 0) is 25.7 Å². The summed E-state index contributed by atoms with van der Waals surface area (Å²) in [4.78, 5) is 79.8. The molecule has 0 aliphatic carbocycles. The molecule has 1 heterocycles. The van der Waals surface area contributed by atoms with Crippen LogP contribution in [-0.4, -0.2) is 74.0 Å². The largest absolute Gasteiger partial charge is 0.481 e. The summed E-state index contributed by atoms with van der Waals surface area (Å²) in [5.41, 5.74) is 11.6. The standard InChI is InChI=1S/C27H29FN6O9/c1-34(11-12-2-6-19-15(8-12)24(39)33-27(30)32-19)13-3-4-14(17(28)9-13)23(38)31-20(26(42)43)10-16(25(40)41)22(37)18(29)5-7-21(35)36/h2-4,6,8-9,16,18,20H,5,7,10-11,29H2,1H3,(H,31,38)(H,35,36)(H,40,41)(H,42,43)(H3,30,32,33,39)/t16?,18-,20-/m1/s1. The van der Waals surface area contributed by atoms with Gasteiger partial charge in [0.2, 0.25) is 5.95 Å². The number of carbonyl (C=O) groups excluding carboxylic acids is 2. The monoisotopic (exact) mass is 600 g/mol. The second-order valence-corrected chi connectivity index (χ2v) is 9.75. The normalized spacial score (nSPS) is 13.1. The van der Waals surface area contributed by atoms with Crippen LogP contribution in [0.5, 0.6) is 0 Å². The van der Waals surface area contributed by atoms with Crippen LogP contribution in [0.3, 0.4) is 0 Å². The van der Waals surface area contributed by atoms with Gasteiger partial charge in [-0.1, -0.05) is 6.07 Å². The number of hydrogen-bond acceptors (Lipinski definition) is 10. The van der Waals surface area contributed by atoms with Crippen molar-refractivity contribution < 1.29 is 43.7 Å². The quantitative estimate of drug-likeness (QED) is 0.123. The first kappa shape index (κ1) is 32.1. The van der Waals surface area contributed by atoms with Gasteiger partial charge in [-0.15, -0.1) is 0 Å². The minimum atomic E-state index is -1.97. The Bertz CT molecular complexity index is 1640. The van der Waals surface area contributed by atoms with Crippen molar-refractivity contribution in [2.75, 3.05) is 17.7 Å². The van der Waals surface area contributed by atoms with Gasteiger partial charge in [0.1, 0.15) is 17.8 Å². The number of nitrogens with one attached hydrogen (secondary N) is 2. The van der Waals surface area contributed by atoms with E-state index in [0.29, 0.717) is 22.2 Å². The van der Waals surface area contributed by atoms with Crippen LogP contribution < -0.4 is 27.2 Å². The Morgan fingerprint density at radius 1 is 1.07 bits per heavy atom. The third-order valence-corrected chi connectivity index (χ3v) is 6.60. The molecule has 0 fully saturated rings. The van der Waals surface area contributed by atoms with E-state index >= 15 is 4.39 Å². The number of carbonyl (C=O) groups is 5. The van der Waals surface area contributed by atoms with Crippen molar-refractivity contribution in [2.45, 2.75) is 37.9 Å². The lowest BCUT2D eigenvalue weighted by Crippen LogP contribution is -2.47. The Hall–Kier alpha value is -5.38. The number of hydrogen-bond donors (Lipinski definition) is 7. The second-order valence-electron chi connectivity index (χ2n) is 9.75. The summed E-state index contributed by atoms with van der Waals surface area (Å²) in [5, 5.41) is 30.1. The lowest BCUT2D eigenvalue weighted by Gasteiger charge is -2.22. The van der Waals surface area contributed by atoms with Crippen LogP contribution in [0, 0.1) is 11.7 Å². The topological polar surface area (TPSA) is 259 Å². The Morgan fingerprint density at radius 2 is 1.77 bits per heavy atom. The highest BCUT2D eigenvalue weighted by atomic mass is 19.1. The van der Waals surface area contributed by atoms with Crippen molar-refractivity contribution in [2.24, 2.45) is 11.7 Å². The summed E-state index contributed by atoms with van der Waals surface area (Å²) in [6.07, 6.45) is -1.80. The van der Waals surface area contributed by atoms with Gasteiger partial charge >= 0.3 is 17.9 Å². The van der Waals surface area contributed by atoms with Crippen LogP contribution in [0.2, 0.25) is 0 Å². The minimum absolute atomic E-state index is 0.0241. The summed E-state index contributed by atoms with van der Waals surface area (Å²) in [6, 6.07) is 5.07. The molecule has 3 aromatic rings. The molecule has 3 atom stereocenters. The molecule has 0 saturated carbocycles. The number of nitrogens with zero attached hydrogens (tertiary/aromatic N) is 2. The molecular weight excluding hydrogens is 571 g/mol. The number of aromatic nitrogens is 2. The van der Waals surface area contributed by atoms with Crippen LogP contribution in [0.1, 0.15) is 35.2 Å². The summed E-state index contributed by atoms with van der Waals surface area (Å²) < 4.78 is 15.0. The zero-order valence-corrected chi connectivity index (χ0v) is 22.7. The first-order valence-corrected chi connectivity index (χ1v) is 12.7. The Labute approximate surface area is 242 Å². The summed E-state index contributed by atoms with van der Waals surface area (Å²) in [7, 11) is 1.63. The average molecular weight is 601 g/mol. The number of amides is 1. The predicted molar refractivity (Wildman–Crippen MR) is 150 cm³/mol. The fraction of sp³-hybridized carbons (Fsp3) is 0.296. The zero-order chi connectivity index (χ0) is 32.0. The van der Waals surface area contributed by atoms with Crippen LogP contribution >= 0.6 is 0 Å². The van der Waals surface area contributed by atoms with E-state index in [1.807, 2.05) is 5.32 Å². The Morgan fingerprint density at radius 3 is 2.37 bits per heavy atom. The SMILES string of the molecule is CN(Cc1ccc2nc(N)[nH]c(=O)c2c1)c1ccc(C(=O)N[C@H](CC(C(=O)O)C(=O)[C@H](N)CCC(=O)O)C(=O)O)c(F)c1. The van der Waals surface area contributed by atoms with Crippen molar-refractivity contribution >= 4 is 52.1 Å².